The number of hydrogen-bond acceptors (Lipinski definition) is 3. The Bertz CT molecular complexity index is 394. The van der Waals surface area contributed by atoms with E-state index in [0.717, 1.165) is 18.7 Å². The van der Waals surface area contributed by atoms with Crippen LogP contribution in [0.2, 0.25) is 0 Å². The maximum atomic E-state index is 11.7. The normalized spacial score (nSPS) is 19.5. The number of benzene rings is 1. The van der Waals surface area contributed by atoms with Crippen molar-refractivity contribution in [2.45, 2.75) is 13.0 Å². The summed E-state index contributed by atoms with van der Waals surface area (Å²) in [7, 11) is 2.15. The molecule has 1 fully saturated rings. The van der Waals surface area contributed by atoms with Crippen molar-refractivity contribution in [1.82, 2.24) is 15.5 Å². The molecule has 1 unspecified atom stereocenters. The van der Waals surface area contributed by atoms with E-state index < -0.39 is 0 Å². The predicted octanol–water partition coefficient (Wildman–Crippen LogP) is 0.844. The first-order chi connectivity index (χ1) is 9.24. The molecular weight excluding hydrogens is 238 g/mol. The first-order valence-electron chi connectivity index (χ1n) is 6.94. The maximum absolute atomic E-state index is 11.7. The highest BCUT2D eigenvalue weighted by Crippen LogP contribution is 2.12. The number of carbonyl (C=O) groups is 1. The van der Waals surface area contributed by atoms with Crippen LogP contribution in [0.3, 0.4) is 0 Å². The Labute approximate surface area is 115 Å². The fourth-order valence-electron chi connectivity index (χ4n) is 2.44. The number of nitrogens with one attached hydrogen (secondary N) is 2. The molecule has 1 aromatic carbocycles. The monoisotopic (exact) mass is 261 g/mol. The number of nitrogens with zero attached hydrogens (tertiary/aromatic N) is 1. The van der Waals surface area contributed by atoms with Crippen LogP contribution < -0.4 is 10.6 Å². The van der Waals surface area contributed by atoms with Gasteiger partial charge in [0.2, 0.25) is 5.91 Å². The van der Waals surface area contributed by atoms with Gasteiger partial charge in [0.15, 0.2) is 0 Å². The molecule has 2 N–H and O–H groups in total. The standard InChI is InChI=1S/C15H23N3O/c1-18-8-7-14(12-18)9-16-11-15(19)17-10-13-5-3-2-4-6-13/h2-6,14,16H,7-12H2,1H3,(H,17,19). The van der Waals surface area contributed by atoms with E-state index in [1.165, 1.54) is 13.0 Å². The van der Waals surface area contributed by atoms with Gasteiger partial charge in [0.1, 0.15) is 0 Å². The molecule has 0 saturated carbocycles. The lowest BCUT2D eigenvalue weighted by Crippen LogP contribution is -2.36. The molecule has 1 amide bonds. The van der Waals surface area contributed by atoms with Crippen LogP contribution >= 0.6 is 0 Å². The molecule has 0 aromatic heterocycles. The molecule has 4 nitrogen and oxygen atoms in total. The maximum Gasteiger partial charge on any atom is 0.234 e. The van der Waals surface area contributed by atoms with E-state index in [9.17, 15) is 4.79 Å². The number of amides is 1. The third-order valence-corrected chi connectivity index (χ3v) is 3.54. The summed E-state index contributed by atoms with van der Waals surface area (Å²) in [6.45, 7) is 4.26. The van der Waals surface area contributed by atoms with Crippen molar-refractivity contribution < 1.29 is 4.79 Å². The Hall–Kier alpha value is -1.39. The first kappa shape index (κ1) is 14.0. The lowest BCUT2D eigenvalue weighted by molar-refractivity contribution is -0.120. The fraction of sp³-hybridized carbons (Fsp3) is 0.533. The van der Waals surface area contributed by atoms with E-state index in [4.69, 9.17) is 0 Å². The van der Waals surface area contributed by atoms with Crippen molar-refractivity contribution in [1.29, 1.82) is 0 Å². The van der Waals surface area contributed by atoms with Gasteiger partial charge >= 0.3 is 0 Å². The topological polar surface area (TPSA) is 44.4 Å². The van der Waals surface area contributed by atoms with E-state index in [2.05, 4.69) is 22.6 Å². The highest BCUT2D eigenvalue weighted by molar-refractivity contribution is 5.77. The molecule has 0 spiro atoms. The van der Waals surface area contributed by atoms with E-state index >= 15 is 0 Å². The van der Waals surface area contributed by atoms with Gasteiger partial charge in [-0.25, -0.2) is 0 Å². The summed E-state index contributed by atoms with van der Waals surface area (Å²) in [5.74, 6) is 0.752. The molecule has 1 heterocycles. The molecule has 0 bridgehead atoms. The second-order valence-electron chi connectivity index (χ2n) is 5.31. The smallest absolute Gasteiger partial charge is 0.234 e. The summed E-state index contributed by atoms with van der Waals surface area (Å²) >= 11 is 0. The van der Waals surface area contributed by atoms with Crippen LogP contribution in [0.1, 0.15) is 12.0 Å². The highest BCUT2D eigenvalue weighted by Gasteiger charge is 2.18. The minimum Gasteiger partial charge on any atom is -0.351 e. The molecule has 1 aliphatic heterocycles. The summed E-state index contributed by atoms with van der Waals surface area (Å²) in [6.07, 6.45) is 1.23. The largest absolute Gasteiger partial charge is 0.351 e. The molecule has 19 heavy (non-hydrogen) atoms. The first-order valence-corrected chi connectivity index (χ1v) is 6.94. The Morgan fingerprint density at radius 1 is 1.37 bits per heavy atom. The SMILES string of the molecule is CN1CCC(CNCC(=O)NCc2ccccc2)C1. The number of rotatable bonds is 6. The fourth-order valence-corrected chi connectivity index (χ4v) is 2.44. The van der Waals surface area contributed by atoms with E-state index in [1.807, 2.05) is 30.3 Å². The zero-order chi connectivity index (χ0) is 13.5. The average Bonchev–Trinajstić information content (AvgIpc) is 2.83. The average molecular weight is 261 g/mol. The summed E-state index contributed by atoms with van der Waals surface area (Å²) in [6, 6.07) is 9.97. The van der Waals surface area contributed by atoms with Crippen molar-refractivity contribution in [3.63, 3.8) is 0 Å². The summed E-state index contributed by atoms with van der Waals surface area (Å²) in [4.78, 5) is 14.0. The van der Waals surface area contributed by atoms with Gasteiger partial charge in [-0.1, -0.05) is 30.3 Å². The minimum absolute atomic E-state index is 0.0650. The Morgan fingerprint density at radius 3 is 2.84 bits per heavy atom. The second kappa shape index (κ2) is 7.26. The molecule has 0 aliphatic carbocycles. The van der Waals surface area contributed by atoms with Crippen molar-refractivity contribution in [3.8, 4) is 0 Å². The zero-order valence-electron chi connectivity index (χ0n) is 11.6. The van der Waals surface area contributed by atoms with Crippen molar-refractivity contribution in [2.75, 3.05) is 33.2 Å². The van der Waals surface area contributed by atoms with Gasteiger partial charge in [-0.2, -0.15) is 0 Å². The lowest BCUT2D eigenvalue weighted by Gasteiger charge is -2.11. The van der Waals surface area contributed by atoms with Gasteiger partial charge in [0.05, 0.1) is 6.54 Å². The molecular formula is C15H23N3O. The van der Waals surface area contributed by atoms with Gasteiger partial charge in [0.25, 0.3) is 0 Å². The van der Waals surface area contributed by atoms with Gasteiger partial charge < -0.3 is 15.5 Å². The lowest BCUT2D eigenvalue weighted by atomic mass is 10.1. The molecule has 104 valence electrons. The van der Waals surface area contributed by atoms with Gasteiger partial charge in [-0.3, -0.25) is 4.79 Å². The van der Waals surface area contributed by atoms with Crippen LogP contribution in [0.5, 0.6) is 0 Å². The van der Waals surface area contributed by atoms with Gasteiger partial charge in [-0.05, 0) is 38.0 Å². The molecule has 0 radical (unpaired) electrons. The van der Waals surface area contributed by atoms with Crippen LogP contribution in [-0.2, 0) is 11.3 Å². The molecule has 2 rings (SSSR count). The van der Waals surface area contributed by atoms with Crippen LogP contribution in [0, 0.1) is 5.92 Å². The predicted molar refractivity (Wildman–Crippen MR) is 76.8 cm³/mol. The Morgan fingerprint density at radius 2 is 2.16 bits per heavy atom. The van der Waals surface area contributed by atoms with Crippen LogP contribution in [-0.4, -0.2) is 44.0 Å². The number of likely N-dealkylation sites (tertiary alicyclic amines) is 1. The van der Waals surface area contributed by atoms with Gasteiger partial charge in [-0.15, -0.1) is 0 Å². The van der Waals surface area contributed by atoms with Crippen molar-refractivity contribution in [3.05, 3.63) is 35.9 Å². The van der Waals surface area contributed by atoms with Crippen LogP contribution in [0.25, 0.3) is 0 Å². The molecule has 4 heteroatoms. The van der Waals surface area contributed by atoms with Crippen molar-refractivity contribution in [2.24, 2.45) is 5.92 Å². The molecule has 1 saturated heterocycles. The summed E-state index contributed by atoms with van der Waals surface area (Å²) in [5.41, 5.74) is 1.13. The Kier molecular flexibility index (Phi) is 5.36. The van der Waals surface area contributed by atoms with Gasteiger partial charge in [0, 0.05) is 13.1 Å². The van der Waals surface area contributed by atoms with Crippen molar-refractivity contribution >= 4 is 5.91 Å². The second-order valence-corrected chi connectivity index (χ2v) is 5.31. The van der Waals surface area contributed by atoms with Crippen LogP contribution in [0.15, 0.2) is 30.3 Å². The van der Waals surface area contributed by atoms with E-state index in [1.54, 1.807) is 0 Å². The third-order valence-electron chi connectivity index (χ3n) is 3.54. The van der Waals surface area contributed by atoms with E-state index in [-0.39, 0.29) is 5.91 Å². The minimum atomic E-state index is 0.0650. The quantitative estimate of drug-likeness (QED) is 0.798. The molecule has 1 aromatic rings. The zero-order valence-corrected chi connectivity index (χ0v) is 11.6. The number of hydrogen-bond donors (Lipinski definition) is 2. The third kappa shape index (κ3) is 5.01. The highest BCUT2D eigenvalue weighted by atomic mass is 16.1. The number of carbonyl (C=O) groups excluding carboxylic acids is 1. The summed E-state index contributed by atoms with van der Waals surface area (Å²) in [5, 5.41) is 6.17. The molecule has 1 atom stereocenters. The van der Waals surface area contributed by atoms with E-state index in [0.29, 0.717) is 19.0 Å². The van der Waals surface area contributed by atoms with Crippen LogP contribution in [0.4, 0.5) is 0 Å². The Balaban J connectivity index is 1.57. The summed E-state index contributed by atoms with van der Waals surface area (Å²) < 4.78 is 0. The molecule has 1 aliphatic rings.